The van der Waals surface area contributed by atoms with Gasteiger partial charge in [0.1, 0.15) is 5.75 Å². The van der Waals surface area contributed by atoms with Gasteiger partial charge < -0.3 is 4.74 Å². The number of hydrogen-bond acceptors (Lipinski definition) is 3. The van der Waals surface area contributed by atoms with Crippen molar-refractivity contribution in [2.45, 2.75) is 26.7 Å². The fraction of sp³-hybridized carbons (Fsp3) is 0.333. The Labute approximate surface area is 107 Å². The van der Waals surface area contributed by atoms with Crippen LogP contribution in [-0.4, -0.2) is 11.6 Å². The maximum Gasteiger partial charge on any atom is 0.120 e. The minimum absolute atomic E-state index is 0.651. The van der Waals surface area contributed by atoms with Crippen LogP contribution in [0.3, 0.4) is 0 Å². The molecule has 0 spiro atoms. The van der Waals surface area contributed by atoms with Crippen LogP contribution in [0.25, 0.3) is 10.9 Å². The van der Waals surface area contributed by atoms with Gasteiger partial charge >= 0.3 is 0 Å². The van der Waals surface area contributed by atoms with E-state index >= 15 is 0 Å². The summed E-state index contributed by atoms with van der Waals surface area (Å²) in [5.74, 6) is 0.804. The zero-order valence-corrected chi connectivity index (χ0v) is 10.7. The van der Waals surface area contributed by atoms with Gasteiger partial charge in [0.2, 0.25) is 0 Å². The molecule has 0 atom stereocenters. The van der Waals surface area contributed by atoms with Gasteiger partial charge in [-0.1, -0.05) is 13.3 Å². The molecule has 2 aromatic rings. The summed E-state index contributed by atoms with van der Waals surface area (Å²) in [6, 6.07) is 9.73. The Morgan fingerprint density at radius 3 is 2.89 bits per heavy atom. The molecule has 0 unspecified atom stereocenters. The number of hydrogen-bond donors (Lipinski definition) is 0. The number of unbranched alkanes of at least 4 members (excludes halogenated alkanes) is 1. The van der Waals surface area contributed by atoms with E-state index in [-0.39, 0.29) is 0 Å². The Kier molecular flexibility index (Phi) is 3.78. The lowest BCUT2D eigenvalue weighted by atomic mass is 10.1. The van der Waals surface area contributed by atoms with Gasteiger partial charge in [-0.15, -0.1) is 0 Å². The smallest absolute Gasteiger partial charge is 0.120 e. The topological polar surface area (TPSA) is 45.9 Å². The molecule has 0 radical (unpaired) electrons. The van der Waals surface area contributed by atoms with Crippen LogP contribution in [0.1, 0.15) is 31.0 Å². The summed E-state index contributed by atoms with van der Waals surface area (Å²) in [5.41, 5.74) is 2.35. The molecule has 0 fully saturated rings. The van der Waals surface area contributed by atoms with Gasteiger partial charge in [0, 0.05) is 11.1 Å². The molecule has 92 valence electrons. The molecule has 2 rings (SSSR count). The van der Waals surface area contributed by atoms with Gasteiger partial charge in [0.05, 0.1) is 23.8 Å². The summed E-state index contributed by atoms with van der Waals surface area (Å²) < 4.78 is 5.65. The quantitative estimate of drug-likeness (QED) is 0.767. The molecule has 3 heteroatoms. The Morgan fingerprint density at radius 2 is 2.17 bits per heavy atom. The lowest BCUT2D eigenvalue weighted by Gasteiger charge is -2.07. The number of aryl methyl sites for hydroxylation is 1. The number of nitriles is 1. The van der Waals surface area contributed by atoms with E-state index in [1.165, 1.54) is 0 Å². The molecule has 0 amide bonds. The third-order valence-corrected chi connectivity index (χ3v) is 2.80. The number of pyridine rings is 1. The molecule has 0 N–H and O–H groups in total. The minimum atomic E-state index is 0.651. The second kappa shape index (κ2) is 5.50. The highest BCUT2D eigenvalue weighted by atomic mass is 16.5. The summed E-state index contributed by atoms with van der Waals surface area (Å²) in [7, 11) is 0. The standard InChI is InChI=1S/C15H16N2O/c1-3-4-7-18-13-5-6-15-14(9-13)12(10-16)8-11(2)17-15/h5-6,8-9H,3-4,7H2,1-2H3. The van der Waals surface area contributed by atoms with Crippen molar-refractivity contribution in [1.82, 2.24) is 4.98 Å². The predicted molar refractivity (Wildman–Crippen MR) is 71.6 cm³/mol. The molecular weight excluding hydrogens is 224 g/mol. The van der Waals surface area contributed by atoms with E-state index in [0.29, 0.717) is 12.2 Å². The van der Waals surface area contributed by atoms with Crippen LogP contribution >= 0.6 is 0 Å². The number of aromatic nitrogens is 1. The molecule has 0 aliphatic heterocycles. The van der Waals surface area contributed by atoms with Crippen LogP contribution in [0.5, 0.6) is 5.75 Å². The Bertz CT molecular complexity index is 599. The summed E-state index contributed by atoms with van der Waals surface area (Å²) in [6.45, 7) is 4.74. The number of nitrogens with zero attached hydrogens (tertiary/aromatic N) is 2. The molecule has 0 aliphatic rings. The molecule has 1 aromatic carbocycles. The van der Waals surface area contributed by atoms with Crippen LogP contribution in [-0.2, 0) is 0 Å². The van der Waals surface area contributed by atoms with Gasteiger partial charge in [0.15, 0.2) is 0 Å². The number of benzene rings is 1. The van der Waals surface area contributed by atoms with Gasteiger partial charge in [-0.05, 0) is 37.6 Å². The van der Waals surface area contributed by atoms with E-state index in [0.717, 1.165) is 35.2 Å². The van der Waals surface area contributed by atoms with Crippen LogP contribution in [0.4, 0.5) is 0 Å². The van der Waals surface area contributed by atoms with E-state index < -0.39 is 0 Å². The van der Waals surface area contributed by atoms with Crippen molar-refractivity contribution in [2.75, 3.05) is 6.61 Å². The Balaban J connectivity index is 2.38. The van der Waals surface area contributed by atoms with E-state index in [1.807, 2.05) is 25.1 Å². The average Bonchev–Trinajstić information content (AvgIpc) is 2.38. The van der Waals surface area contributed by atoms with Crippen LogP contribution in [0.15, 0.2) is 24.3 Å². The summed E-state index contributed by atoms with van der Waals surface area (Å²) in [6.07, 6.45) is 2.15. The normalized spacial score (nSPS) is 10.3. The first kappa shape index (κ1) is 12.4. The summed E-state index contributed by atoms with van der Waals surface area (Å²) >= 11 is 0. The van der Waals surface area contributed by atoms with Crippen molar-refractivity contribution in [3.63, 3.8) is 0 Å². The lowest BCUT2D eigenvalue weighted by Crippen LogP contribution is -1.97. The molecule has 1 aromatic heterocycles. The van der Waals surface area contributed by atoms with Gasteiger partial charge in [-0.25, -0.2) is 0 Å². The van der Waals surface area contributed by atoms with Crippen LogP contribution in [0, 0.1) is 18.3 Å². The van der Waals surface area contributed by atoms with Crippen molar-refractivity contribution in [1.29, 1.82) is 5.26 Å². The number of rotatable bonds is 4. The molecule has 0 aliphatic carbocycles. The second-order valence-corrected chi connectivity index (χ2v) is 4.30. The Hall–Kier alpha value is -2.08. The van der Waals surface area contributed by atoms with E-state index in [1.54, 1.807) is 6.07 Å². The lowest BCUT2D eigenvalue weighted by molar-refractivity contribution is 0.310. The second-order valence-electron chi connectivity index (χ2n) is 4.30. The van der Waals surface area contributed by atoms with Crippen LogP contribution < -0.4 is 4.74 Å². The highest BCUT2D eigenvalue weighted by molar-refractivity contribution is 5.86. The minimum Gasteiger partial charge on any atom is -0.494 e. The molecule has 3 nitrogen and oxygen atoms in total. The monoisotopic (exact) mass is 240 g/mol. The predicted octanol–water partition coefficient (Wildman–Crippen LogP) is 3.59. The number of fused-ring (bicyclic) bond motifs is 1. The maximum absolute atomic E-state index is 9.15. The SMILES string of the molecule is CCCCOc1ccc2nc(C)cc(C#N)c2c1. The first-order chi connectivity index (χ1) is 8.74. The average molecular weight is 240 g/mol. The van der Waals surface area contributed by atoms with E-state index in [2.05, 4.69) is 18.0 Å². The molecule has 1 heterocycles. The van der Waals surface area contributed by atoms with E-state index in [9.17, 15) is 0 Å². The maximum atomic E-state index is 9.15. The van der Waals surface area contributed by atoms with Gasteiger partial charge in [-0.2, -0.15) is 5.26 Å². The van der Waals surface area contributed by atoms with Crippen molar-refractivity contribution in [3.05, 3.63) is 35.5 Å². The zero-order chi connectivity index (χ0) is 13.0. The van der Waals surface area contributed by atoms with Crippen molar-refractivity contribution in [2.24, 2.45) is 0 Å². The molecular formula is C15H16N2O. The van der Waals surface area contributed by atoms with Gasteiger partial charge in [0.25, 0.3) is 0 Å². The van der Waals surface area contributed by atoms with Crippen molar-refractivity contribution >= 4 is 10.9 Å². The Morgan fingerprint density at radius 1 is 1.33 bits per heavy atom. The molecule has 18 heavy (non-hydrogen) atoms. The highest BCUT2D eigenvalue weighted by Crippen LogP contribution is 2.23. The fourth-order valence-electron chi connectivity index (χ4n) is 1.85. The molecule has 0 saturated carbocycles. The summed E-state index contributed by atoms with van der Waals surface area (Å²) in [5, 5.41) is 10.0. The summed E-state index contributed by atoms with van der Waals surface area (Å²) in [4.78, 5) is 4.42. The van der Waals surface area contributed by atoms with Crippen LogP contribution in [0.2, 0.25) is 0 Å². The zero-order valence-electron chi connectivity index (χ0n) is 10.7. The van der Waals surface area contributed by atoms with E-state index in [4.69, 9.17) is 10.00 Å². The van der Waals surface area contributed by atoms with Crippen molar-refractivity contribution in [3.8, 4) is 11.8 Å². The fourth-order valence-corrected chi connectivity index (χ4v) is 1.85. The molecule has 0 bridgehead atoms. The number of ether oxygens (including phenoxy) is 1. The first-order valence-corrected chi connectivity index (χ1v) is 6.19. The third-order valence-electron chi connectivity index (χ3n) is 2.80. The third kappa shape index (κ3) is 2.60. The largest absolute Gasteiger partial charge is 0.494 e. The van der Waals surface area contributed by atoms with Crippen molar-refractivity contribution < 1.29 is 4.74 Å². The first-order valence-electron chi connectivity index (χ1n) is 6.19. The molecule has 0 saturated heterocycles. The van der Waals surface area contributed by atoms with Gasteiger partial charge in [-0.3, -0.25) is 4.98 Å². The highest BCUT2D eigenvalue weighted by Gasteiger charge is 2.05.